The van der Waals surface area contributed by atoms with Crippen LogP contribution in [0.4, 0.5) is 0 Å². The fraction of sp³-hybridized carbons (Fsp3) is 0.917. The lowest BCUT2D eigenvalue weighted by Gasteiger charge is -2.58. The van der Waals surface area contributed by atoms with E-state index < -0.39 is 17.1 Å². The van der Waals surface area contributed by atoms with Gasteiger partial charge in [0, 0.05) is 5.54 Å². The second-order valence-corrected chi connectivity index (χ2v) is 12.2. The van der Waals surface area contributed by atoms with Crippen LogP contribution in [-0.4, -0.2) is 34.2 Å². The summed E-state index contributed by atoms with van der Waals surface area (Å²) >= 11 is 0. The van der Waals surface area contributed by atoms with Gasteiger partial charge in [-0.15, -0.1) is 0 Å². The zero-order chi connectivity index (χ0) is 20.0. The Labute approximate surface area is 173 Å². The van der Waals surface area contributed by atoms with Gasteiger partial charge in [0.1, 0.15) is 0 Å². The van der Waals surface area contributed by atoms with Gasteiger partial charge in [-0.05, 0) is 114 Å². The highest BCUT2D eigenvalue weighted by Crippen LogP contribution is 2.62. The molecule has 5 nitrogen and oxygen atoms in total. The molecule has 160 valence electrons. The normalized spacial score (nSPS) is 52.4. The highest BCUT2D eigenvalue weighted by molar-refractivity contribution is 5.86. The van der Waals surface area contributed by atoms with Crippen molar-refractivity contribution < 1.29 is 19.4 Å². The Morgan fingerprint density at radius 3 is 1.90 bits per heavy atom. The molecule has 8 rings (SSSR count). The predicted molar refractivity (Wildman–Crippen MR) is 107 cm³/mol. The van der Waals surface area contributed by atoms with Crippen LogP contribution in [0.5, 0.6) is 0 Å². The molecule has 8 saturated carbocycles. The van der Waals surface area contributed by atoms with Crippen LogP contribution >= 0.6 is 0 Å². The van der Waals surface area contributed by atoms with Gasteiger partial charge in [0.15, 0.2) is 6.10 Å². The molecule has 0 spiro atoms. The van der Waals surface area contributed by atoms with E-state index in [1.807, 2.05) is 0 Å². The zero-order valence-corrected chi connectivity index (χ0v) is 17.6. The van der Waals surface area contributed by atoms with Crippen molar-refractivity contribution in [3.05, 3.63) is 0 Å². The summed E-state index contributed by atoms with van der Waals surface area (Å²) in [6.07, 6.45) is 11.6. The summed E-state index contributed by atoms with van der Waals surface area (Å²) in [4.78, 5) is 26.2. The Morgan fingerprint density at radius 1 is 0.862 bits per heavy atom. The maximum absolute atomic E-state index is 13.2. The molecule has 8 aliphatic rings. The molecule has 5 atom stereocenters. The Hall–Kier alpha value is -1.10. The second-order valence-electron chi connectivity index (χ2n) is 12.2. The maximum Gasteiger partial charge on any atom is 0.312 e. The molecule has 2 unspecified atom stereocenters. The van der Waals surface area contributed by atoms with Gasteiger partial charge in [0.25, 0.3) is 5.91 Å². The third-order valence-electron chi connectivity index (χ3n) is 9.54. The van der Waals surface area contributed by atoms with E-state index in [1.54, 1.807) is 6.92 Å². The van der Waals surface area contributed by atoms with E-state index in [0.717, 1.165) is 69.1 Å². The quantitative estimate of drug-likeness (QED) is 0.709. The molecule has 0 aliphatic heterocycles. The van der Waals surface area contributed by atoms with Crippen molar-refractivity contribution in [2.75, 3.05) is 0 Å². The predicted octanol–water partition coefficient (Wildman–Crippen LogP) is 3.33. The summed E-state index contributed by atoms with van der Waals surface area (Å²) in [5.41, 5.74) is -1.30. The van der Waals surface area contributed by atoms with Gasteiger partial charge in [0.2, 0.25) is 0 Å². The number of esters is 1. The molecule has 0 aromatic rings. The van der Waals surface area contributed by atoms with E-state index in [4.69, 9.17) is 4.74 Å². The van der Waals surface area contributed by atoms with Gasteiger partial charge in [-0.1, -0.05) is 0 Å². The number of amides is 1. The average Bonchev–Trinajstić information content (AvgIpc) is 2.57. The number of aliphatic hydroxyl groups is 1. The summed E-state index contributed by atoms with van der Waals surface area (Å²) in [5, 5.41) is 14.3. The maximum atomic E-state index is 13.2. The summed E-state index contributed by atoms with van der Waals surface area (Å²) in [5.74, 6) is 2.82. The van der Waals surface area contributed by atoms with Gasteiger partial charge in [0.05, 0.1) is 11.0 Å². The molecule has 0 heterocycles. The molecule has 8 aliphatic carbocycles. The first kappa shape index (κ1) is 18.7. The van der Waals surface area contributed by atoms with E-state index in [-0.39, 0.29) is 17.4 Å². The van der Waals surface area contributed by atoms with Crippen molar-refractivity contribution >= 4 is 11.9 Å². The first-order chi connectivity index (χ1) is 13.7. The van der Waals surface area contributed by atoms with Crippen molar-refractivity contribution in [2.45, 2.75) is 101 Å². The highest BCUT2D eigenvalue weighted by Gasteiger charge is 2.61. The van der Waals surface area contributed by atoms with Crippen LogP contribution in [0.1, 0.15) is 84.0 Å². The molecule has 0 aromatic carbocycles. The van der Waals surface area contributed by atoms with Crippen LogP contribution < -0.4 is 5.32 Å². The third kappa shape index (κ3) is 2.97. The number of hydrogen-bond acceptors (Lipinski definition) is 4. The summed E-state index contributed by atoms with van der Waals surface area (Å²) in [7, 11) is 0. The number of hydrogen-bond donors (Lipinski definition) is 2. The van der Waals surface area contributed by atoms with Crippen LogP contribution in [0.15, 0.2) is 0 Å². The standard InChI is InChI=1S/C24H35NO4/c1-14(20(26)25-23-8-15-2-16(9-23)4-17(3-15)10-23)29-21(27)22-6-18-5-19(7-22)12-24(28,11-18)13-22/h14-19,28H,2-13H2,1H3,(H,25,26)/t14-,15?,16?,17?,18-,19+,22?,23?,24?/m0/s1. The zero-order valence-electron chi connectivity index (χ0n) is 17.6. The van der Waals surface area contributed by atoms with Crippen LogP contribution in [0.3, 0.4) is 0 Å². The van der Waals surface area contributed by atoms with Crippen molar-refractivity contribution in [3.63, 3.8) is 0 Å². The third-order valence-corrected chi connectivity index (χ3v) is 9.54. The first-order valence-electron chi connectivity index (χ1n) is 12.0. The molecule has 5 heteroatoms. The molecule has 1 amide bonds. The minimum absolute atomic E-state index is 0.0532. The number of carbonyl (C=O) groups is 2. The first-order valence-corrected chi connectivity index (χ1v) is 12.0. The molecular formula is C24H35NO4. The second kappa shape index (κ2) is 5.99. The number of rotatable bonds is 4. The minimum Gasteiger partial charge on any atom is -0.452 e. The van der Waals surface area contributed by atoms with Crippen LogP contribution in [0.25, 0.3) is 0 Å². The Balaban J connectivity index is 1.12. The number of nitrogens with one attached hydrogen (secondary N) is 1. The van der Waals surface area contributed by atoms with Crippen LogP contribution in [0, 0.1) is 35.0 Å². The Morgan fingerprint density at radius 2 is 1.38 bits per heavy atom. The van der Waals surface area contributed by atoms with Crippen molar-refractivity contribution in [3.8, 4) is 0 Å². The summed E-state index contributed by atoms with van der Waals surface area (Å²) in [6.45, 7) is 1.73. The van der Waals surface area contributed by atoms with E-state index in [1.165, 1.54) is 19.3 Å². The lowest BCUT2D eigenvalue weighted by atomic mass is 9.48. The van der Waals surface area contributed by atoms with E-state index in [0.29, 0.717) is 18.3 Å². The van der Waals surface area contributed by atoms with Crippen molar-refractivity contribution in [1.29, 1.82) is 0 Å². The largest absolute Gasteiger partial charge is 0.452 e. The molecule has 0 saturated heterocycles. The number of ether oxygens (including phenoxy) is 1. The smallest absolute Gasteiger partial charge is 0.312 e. The highest BCUT2D eigenvalue weighted by atomic mass is 16.5. The molecule has 0 aromatic heterocycles. The monoisotopic (exact) mass is 401 g/mol. The summed E-state index contributed by atoms with van der Waals surface area (Å²) < 4.78 is 5.79. The van der Waals surface area contributed by atoms with Gasteiger partial charge < -0.3 is 15.2 Å². The van der Waals surface area contributed by atoms with Crippen LogP contribution in [-0.2, 0) is 14.3 Å². The van der Waals surface area contributed by atoms with Gasteiger partial charge in [-0.2, -0.15) is 0 Å². The van der Waals surface area contributed by atoms with E-state index in [2.05, 4.69) is 5.32 Å². The Bertz CT molecular complexity index is 696. The molecular weight excluding hydrogens is 366 g/mol. The fourth-order valence-electron chi connectivity index (χ4n) is 9.42. The average molecular weight is 402 g/mol. The van der Waals surface area contributed by atoms with Crippen molar-refractivity contribution in [2.24, 2.45) is 35.0 Å². The minimum atomic E-state index is -0.752. The van der Waals surface area contributed by atoms with Gasteiger partial charge >= 0.3 is 5.97 Å². The molecule has 29 heavy (non-hydrogen) atoms. The van der Waals surface area contributed by atoms with Crippen LogP contribution in [0.2, 0.25) is 0 Å². The molecule has 0 radical (unpaired) electrons. The van der Waals surface area contributed by atoms with Crippen molar-refractivity contribution in [1.82, 2.24) is 5.32 Å². The lowest BCUT2D eigenvalue weighted by Crippen LogP contribution is -2.62. The molecule has 8 bridgehead atoms. The fourth-order valence-corrected chi connectivity index (χ4v) is 9.42. The van der Waals surface area contributed by atoms with E-state index >= 15 is 0 Å². The number of carbonyl (C=O) groups excluding carboxylic acids is 2. The Kier molecular flexibility index (Phi) is 3.85. The lowest BCUT2D eigenvalue weighted by molar-refractivity contribution is -0.200. The summed E-state index contributed by atoms with van der Waals surface area (Å²) in [6, 6.07) is 0. The molecule has 2 N–H and O–H groups in total. The topological polar surface area (TPSA) is 75.6 Å². The van der Waals surface area contributed by atoms with Gasteiger partial charge in [-0.25, -0.2) is 0 Å². The van der Waals surface area contributed by atoms with E-state index in [9.17, 15) is 14.7 Å². The molecule has 8 fully saturated rings. The van der Waals surface area contributed by atoms with Gasteiger partial charge in [-0.3, -0.25) is 9.59 Å². The SMILES string of the molecule is C[C@H](OC(=O)C12C[C@@H]3C[C@@H](CC(O)(C3)C1)C2)C(=O)NC12CC3CC(CC(C3)C1)C2.